The van der Waals surface area contributed by atoms with Gasteiger partial charge in [-0.25, -0.2) is 4.79 Å². The van der Waals surface area contributed by atoms with Crippen LogP contribution in [0, 0.1) is 0 Å². The molecule has 76 valence electrons. The van der Waals surface area contributed by atoms with Gasteiger partial charge in [0.1, 0.15) is 0 Å². The minimum absolute atomic E-state index is 0.270. The van der Waals surface area contributed by atoms with Crippen LogP contribution in [0.4, 0.5) is 0 Å². The molecule has 0 fully saturated rings. The first-order chi connectivity index (χ1) is 6.18. The summed E-state index contributed by atoms with van der Waals surface area (Å²) in [5.41, 5.74) is 0.479. The number of halogens is 1. The van der Waals surface area contributed by atoms with Gasteiger partial charge in [0.2, 0.25) is 0 Å². The molecule has 0 aliphatic rings. The number of ether oxygens (including phenoxy) is 1. The molecular formula is C10H17IO2. The lowest BCUT2D eigenvalue weighted by molar-refractivity contribution is -0.139. The number of esters is 1. The van der Waals surface area contributed by atoms with E-state index in [0.29, 0.717) is 12.2 Å². The molecule has 13 heavy (non-hydrogen) atoms. The van der Waals surface area contributed by atoms with E-state index in [9.17, 15) is 4.79 Å². The normalized spacial score (nSPS) is 9.69. The second kappa shape index (κ2) is 8.53. The fourth-order valence-electron chi connectivity index (χ4n) is 0.838. The molecule has 0 atom stereocenters. The van der Waals surface area contributed by atoms with E-state index in [1.54, 1.807) is 6.92 Å². The lowest BCUT2D eigenvalue weighted by atomic mass is 10.2. The molecule has 0 amide bonds. The average Bonchev–Trinajstić information content (AvgIpc) is 2.10. The predicted molar refractivity (Wildman–Crippen MR) is 63.1 cm³/mol. The Kier molecular flexibility index (Phi) is 8.49. The van der Waals surface area contributed by atoms with Gasteiger partial charge in [-0.3, -0.25) is 0 Å². The average molecular weight is 296 g/mol. The van der Waals surface area contributed by atoms with E-state index in [1.807, 2.05) is 0 Å². The van der Waals surface area contributed by atoms with Crippen molar-refractivity contribution in [3.8, 4) is 0 Å². The van der Waals surface area contributed by atoms with Gasteiger partial charge in [0.25, 0.3) is 0 Å². The largest absolute Gasteiger partial charge is 0.462 e. The molecule has 0 saturated carbocycles. The van der Waals surface area contributed by atoms with Crippen molar-refractivity contribution in [3.05, 3.63) is 12.2 Å². The van der Waals surface area contributed by atoms with Crippen molar-refractivity contribution in [1.29, 1.82) is 0 Å². The molecule has 0 aromatic rings. The zero-order chi connectivity index (χ0) is 10.1. The Morgan fingerprint density at radius 1 is 1.31 bits per heavy atom. The molecule has 0 rings (SSSR count). The summed E-state index contributed by atoms with van der Waals surface area (Å²) in [6.07, 6.45) is 4.60. The van der Waals surface area contributed by atoms with E-state index in [-0.39, 0.29) is 5.97 Å². The smallest absolute Gasteiger partial charge is 0.333 e. The van der Waals surface area contributed by atoms with Crippen molar-refractivity contribution >= 4 is 28.6 Å². The molecule has 0 N–H and O–H groups in total. The highest BCUT2D eigenvalue weighted by atomic mass is 127. The molecule has 0 bridgehead atoms. The van der Waals surface area contributed by atoms with Gasteiger partial charge in [-0.2, -0.15) is 0 Å². The van der Waals surface area contributed by atoms with E-state index >= 15 is 0 Å². The van der Waals surface area contributed by atoms with Crippen molar-refractivity contribution in [2.45, 2.75) is 32.6 Å². The first-order valence-corrected chi connectivity index (χ1v) is 6.09. The quantitative estimate of drug-likeness (QED) is 0.237. The van der Waals surface area contributed by atoms with Crippen LogP contribution in [-0.2, 0) is 9.53 Å². The molecule has 0 unspecified atom stereocenters. The number of hydrogen-bond acceptors (Lipinski definition) is 2. The number of unbranched alkanes of at least 4 members (excludes halogenated alkanes) is 3. The minimum atomic E-state index is -0.270. The Balaban J connectivity index is 3.16. The van der Waals surface area contributed by atoms with Gasteiger partial charge in [0.15, 0.2) is 0 Å². The summed E-state index contributed by atoms with van der Waals surface area (Å²) in [6.45, 7) is 5.71. The number of rotatable bonds is 7. The lowest BCUT2D eigenvalue weighted by Gasteiger charge is -2.03. The first kappa shape index (κ1) is 12.9. The molecule has 0 spiro atoms. The molecule has 0 saturated heterocycles. The van der Waals surface area contributed by atoms with Gasteiger partial charge >= 0.3 is 5.97 Å². The van der Waals surface area contributed by atoms with Crippen molar-refractivity contribution < 1.29 is 9.53 Å². The standard InChI is InChI=1S/C10H17IO2/c1-9(2)10(12)13-8-6-4-3-5-7-11/h1,3-8H2,2H3. The van der Waals surface area contributed by atoms with Crippen LogP contribution in [-0.4, -0.2) is 17.0 Å². The Bertz CT molecular complexity index is 166. The molecule has 0 radical (unpaired) electrons. The molecule has 0 aliphatic heterocycles. The summed E-state index contributed by atoms with van der Waals surface area (Å²) >= 11 is 2.37. The van der Waals surface area contributed by atoms with Crippen LogP contribution in [0.5, 0.6) is 0 Å². The third-order valence-corrected chi connectivity index (χ3v) is 2.37. The zero-order valence-electron chi connectivity index (χ0n) is 8.14. The SMILES string of the molecule is C=C(C)C(=O)OCCCCCCI. The Morgan fingerprint density at radius 3 is 2.46 bits per heavy atom. The molecule has 0 heterocycles. The maximum Gasteiger partial charge on any atom is 0.333 e. The molecule has 0 aliphatic carbocycles. The third kappa shape index (κ3) is 8.28. The van der Waals surface area contributed by atoms with E-state index in [0.717, 1.165) is 12.8 Å². The molecule has 2 nitrogen and oxygen atoms in total. The van der Waals surface area contributed by atoms with Crippen LogP contribution >= 0.6 is 22.6 Å². The van der Waals surface area contributed by atoms with Crippen LogP contribution in [0.2, 0.25) is 0 Å². The number of hydrogen-bond donors (Lipinski definition) is 0. The van der Waals surface area contributed by atoms with Crippen molar-refractivity contribution in [2.24, 2.45) is 0 Å². The number of carbonyl (C=O) groups excluding carboxylic acids is 1. The predicted octanol–water partition coefficient (Wildman–Crippen LogP) is 3.10. The van der Waals surface area contributed by atoms with Crippen LogP contribution in [0.25, 0.3) is 0 Å². The molecule has 3 heteroatoms. The summed E-state index contributed by atoms with van der Waals surface area (Å²) in [5.74, 6) is -0.270. The van der Waals surface area contributed by atoms with Gasteiger partial charge in [-0.15, -0.1) is 0 Å². The van der Waals surface area contributed by atoms with Crippen LogP contribution in [0.15, 0.2) is 12.2 Å². The van der Waals surface area contributed by atoms with Gasteiger partial charge in [0, 0.05) is 5.57 Å². The summed E-state index contributed by atoms with van der Waals surface area (Å²) < 4.78 is 6.15. The topological polar surface area (TPSA) is 26.3 Å². The van der Waals surface area contributed by atoms with Crippen LogP contribution in [0.3, 0.4) is 0 Å². The number of alkyl halides is 1. The summed E-state index contributed by atoms with van der Waals surface area (Å²) in [7, 11) is 0. The second-order valence-electron chi connectivity index (χ2n) is 3.02. The van der Waals surface area contributed by atoms with Gasteiger partial charge in [-0.05, 0) is 24.2 Å². The van der Waals surface area contributed by atoms with Gasteiger partial charge < -0.3 is 4.74 Å². The Hall–Kier alpha value is -0.0600. The molecule has 0 aromatic heterocycles. The van der Waals surface area contributed by atoms with Crippen LogP contribution in [0.1, 0.15) is 32.6 Å². The second-order valence-corrected chi connectivity index (χ2v) is 4.10. The maximum atomic E-state index is 10.9. The van der Waals surface area contributed by atoms with E-state index in [4.69, 9.17) is 4.74 Å². The number of carbonyl (C=O) groups is 1. The van der Waals surface area contributed by atoms with E-state index in [2.05, 4.69) is 29.2 Å². The van der Waals surface area contributed by atoms with Gasteiger partial charge in [-0.1, -0.05) is 42.0 Å². The lowest BCUT2D eigenvalue weighted by Crippen LogP contribution is -2.05. The van der Waals surface area contributed by atoms with E-state index < -0.39 is 0 Å². The highest BCUT2D eigenvalue weighted by Gasteiger charge is 2.01. The summed E-state index contributed by atoms with van der Waals surface area (Å²) in [5, 5.41) is 0. The van der Waals surface area contributed by atoms with Crippen molar-refractivity contribution in [1.82, 2.24) is 0 Å². The fraction of sp³-hybridized carbons (Fsp3) is 0.700. The Morgan fingerprint density at radius 2 is 1.92 bits per heavy atom. The highest BCUT2D eigenvalue weighted by Crippen LogP contribution is 2.03. The third-order valence-electron chi connectivity index (χ3n) is 1.61. The zero-order valence-corrected chi connectivity index (χ0v) is 10.3. The fourth-order valence-corrected chi connectivity index (χ4v) is 1.38. The van der Waals surface area contributed by atoms with Crippen LogP contribution < -0.4 is 0 Å². The van der Waals surface area contributed by atoms with Crippen molar-refractivity contribution in [3.63, 3.8) is 0 Å². The molecular weight excluding hydrogens is 279 g/mol. The molecule has 0 aromatic carbocycles. The highest BCUT2D eigenvalue weighted by molar-refractivity contribution is 14.1. The van der Waals surface area contributed by atoms with Gasteiger partial charge in [0.05, 0.1) is 6.61 Å². The summed E-state index contributed by atoms with van der Waals surface area (Å²) in [6, 6.07) is 0. The summed E-state index contributed by atoms with van der Waals surface area (Å²) in [4.78, 5) is 10.9. The van der Waals surface area contributed by atoms with Crippen molar-refractivity contribution in [2.75, 3.05) is 11.0 Å². The first-order valence-electron chi connectivity index (χ1n) is 4.57. The monoisotopic (exact) mass is 296 g/mol. The minimum Gasteiger partial charge on any atom is -0.462 e. The Labute approximate surface area is 93.9 Å². The van der Waals surface area contributed by atoms with E-state index in [1.165, 1.54) is 17.3 Å². The maximum absolute atomic E-state index is 10.9.